The van der Waals surface area contributed by atoms with E-state index in [9.17, 15) is 9.59 Å². The number of piperazine rings is 1. The molecule has 1 aromatic carbocycles. The third kappa shape index (κ3) is 6.84. The van der Waals surface area contributed by atoms with E-state index in [0.29, 0.717) is 26.2 Å². The number of rotatable bonds is 8. The molecule has 1 aliphatic heterocycles. The lowest BCUT2D eigenvalue weighted by molar-refractivity contribution is -0.134. The zero-order valence-corrected chi connectivity index (χ0v) is 15.4. The van der Waals surface area contributed by atoms with Gasteiger partial charge in [0.2, 0.25) is 11.8 Å². The number of hydrogen-bond acceptors (Lipinski definition) is 4. The van der Waals surface area contributed by atoms with Gasteiger partial charge in [-0.2, -0.15) is 0 Å². The van der Waals surface area contributed by atoms with Crippen molar-refractivity contribution in [1.29, 1.82) is 0 Å². The predicted octanol–water partition coefficient (Wildman–Crippen LogP) is 0.789. The number of carbonyl (C=O) groups is 2. The second-order valence-corrected chi connectivity index (χ2v) is 6.66. The van der Waals surface area contributed by atoms with Gasteiger partial charge in [-0.3, -0.25) is 19.4 Å². The lowest BCUT2D eigenvalue weighted by Gasteiger charge is -2.35. The monoisotopic (exact) mass is 346 g/mol. The highest BCUT2D eigenvalue weighted by Crippen LogP contribution is 2.05. The molecule has 1 heterocycles. The van der Waals surface area contributed by atoms with Crippen molar-refractivity contribution in [2.45, 2.75) is 19.9 Å². The zero-order chi connectivity index (χ0) is 18.1. The van der Waals surface area contributed by atoms with Crippen LogP contribution in [0.5, 0.6) is 0 Å². The van der Waals surface area contributed by atoms with Gasteiger partial charge < -0.3 is 10.2 Å². The maximum Gasteiger partial charge on any atom is 0.236 e. The molecule has 0 radical (unpaired) electrons. The molecule has 6 heteroatoms. The molecule has 1 fully saturated rings. The number of likely N-dealkylation sites (N-methyl/N-ethyl adjacent to an activating group) is 1. The predicted molar refractivity (Wildman–Crippen MR) is 99.1 cm³/mol. The average Bonchev–Trinajstić information content (AvgIpc) is 2.61. The number of hydrogen-bond donors (Lipinski definition) is 1. The second-order valence-electron chi connectivity index (χ2n) is 6.66. The minimum Gasteiger partial charge on any atom is -0.355 e. The van der Waals surface area contributed by atoms with Gasteiger partial charge in [-0.25, -0.2) is 0 Å². The lowest BCUT2D eigenvalue weighted by Crippen LogP contribution is -2.52. The maximum atomic E-state index is 12.5. The van der Waals surface area contributed by atoms with Crippen molar-refractivity contribution >= 4 is 11.8 Å². The van der Waals surface area contributed by atoms with E-state index in [4.69, 9.17) is 0 Å². The number of nitrogens with one attached hydrogen (secondary N) is 1. The highest BCUT2D eigenvalue weighted by Gasteiger charge is 2.22. The fraction of sp³-hybridized carbons (Fsp3) is 0.579. The van der Waals surface area contributed by atoms with E-state index < -0.39 is 0 Å². The van der Waals surface area contributed by atoms with E-state index in [2.05, 4.69) is 22.3 Å². The largest absolute Gasteiger partial charge is 0.355 e. The van der Waals surface area contributed by atoms with Gasteiger partial charge in [-0.1, -0.05) is 37.3 Å². The minimum absolute atomic E-state index is 0.0734. The van der Waals surface area contributed by atoms with Crippen molar-refractivity contribution < 1.29 is 9.59 Å². The normalized spacial score (nSPS) is 15.4. The molecule has 0 aromatic heterocycles. The Kier molecular flexibility index (Phi) is 7.88. The third-order valence-electron chi connectivity index (χ3n) is 4.36. The molecule has 138 valence electrons. The van der Waals surface area contributed by atoms with Gasteiger partial charge in [-0.15, -0.1) is 0 Å². The summed E-state index contributed by atoms with van der Waals surface area (Å²) in [4.78, 5) is 30.3. The molecule has 2 amide bonds. The highest BCUT2D eigenvalue weighted by atomic mass is 16.2. The Bertz CT molecular complexity index is 542. The number of amides is 2. The smallest absolute Gasteiger partial charge is 0.236 e. The van der Waals surface area contributed by atoms with E-state index in [-0.39, 0.29) is 11.8 Å². The van der Waals surface area contributed by atoms with Crippen molar-refractivity contribution in [3.8, 4) is 0 Å². The molecule has 0 spiro atoms. The summed E-state index contributed by atoms with van der Waals surface area (Å²) in [6, 6.07) is 10.2. The summed E-state index contributed by atoms with van der Waals surface area (Å²) < 4.78 is 0. The van der Waals surface area contributed by atoms with Gasteiger partial charge in [0.1, 0.15) is 0 Å². The van der Waals surface area contributed by atoms with Gasteiger partial charge in [0.05, 0.1) is 13.1 Å². The first-order valence-corrected chi connectivity index (χ1v) is 9.07. The molecule has 1 N–H and O–H groups in total. The van der Waals surface area contributed by atoms with Crippen LogP contribution < -0.4 is 5.32 Å². The average molecular weight is 346 g/mol. The Morgan fingerprint density at radius 1 is 1.12 bits per heavy atom. The van der Waals surface area contributed by atoms with Crippen LogP contribution in [0.2, 0.25) is 0 Å². The van der Waals surface area contributed by atoms with Gasteiger partial charge in [0.25, 0.3) is 0 Å². The van der Waals surface area contributed by atoms with Crippen molar-refractivity contribution in [3.05, 3.63) is 35.9 Å². The Labute approximate surface area is 150 Å². The van der Waals surface area contributed by atoms with Crippen molar-refractivity contribution in [1.82, 2.24) is 20.0 Å². The van der Waals surface area contributed by atoms with Crippen LogP contribution in [-0.4, -0.2) is 79.4 Å². The Balaban J connectivity index is 1.69. The van der Waals surface area contributed by atoms with Crippen LogP contribution in [0, 0.1) is 0 Å². The van der Waals surface area contributed by atoms with Crippen LogP contribution in [0.3, 0.4) is 0 Å². The fourth-order valence-electron chi connectivity index (χ4n) is 2.96. The van der Waals surface area contributed by atoms with Gasteiger partial charge >= 0.3 is 0 Å². The van der Waals surface area contributed by atoms with E-state index in [1.807, 2.05) is 42.0 Å². The van der Waals surface area contributed by atoms with E-state index in [1.165, 1.54) is 5.56 Å². The molecule has 1 aliphatic rings. The molecule has 2 rings (SSSR count). The Morgan fingerprint density at radius 3 is 2.44 bits per heavy atom. The van der Waals surface area contributed by atoms with Crippen LogP contribution in [0.4, 0.5) is 0 Å². The molecule has 0 aliphatic carbocycles. The molecule has 1 aromatic rings. The summed E-state index contributed by atoms with van der Waals surface area (Å²) in [6.07, 6.45) is 0.949. The summed E-state index contributed by atoms with van der Waals surface area (Å²) in [5.41, 5.74) is 1.21. The van der Waals surface area contributed by atoms with E-state index in [1.54, 1.807) is 0 Å². The van der Waals surface area contributed by atoms with Crippen LogP contribution in [0.25, 0.3) is 0 Å². The molecule has 0 unspecified atom stereocenters. The lowest BCUT2D eigenvalue weighted by atomic mass is 10.2. The summed E-state index contributed by atoms with van der Waals surface area (Å²) in [6.45, 7) is 7.29. The summed E-state index contributed by atoms with van der Waals surface area (Å²) in [5, 5.41) is 2.90. The zero-order valence-electron chi connectivity index (χ0n) is 15.4. The maximum absolute atomic E-state index is 12.5. The number of benzene rings is 1. The molecular formula is C19H30N4O2. The van der Waals surface area contributed by atoms with Crippen molar-refractivity contribution in [3.63, 3.8) is 0 Å². The first-order chi connectivity index (χ1) is 12.1. The Morgan fingerprint density at radius 2 is 1.80 bits per heavy atom. The van der Waals surface area contributed by atoms with E-state index in [0.717, 1.165) is 32.6 Å². The molecular weight excluding hydrogens is 316 g/mol. The highest BCUT2D eigenvalue weighted by molar-refractivity contribution is 5.79. The molecule has 0 saturated carbocycles. The third-order valence-corrected chi connectivity index (χ3v) is 4.36. The first-order valence-electron chi connectivity index (χ1n) is 9.07. The molecule has 1 saturated heterocycles. The standard InChI is InChI=1S/C19H30N4O2/c1-3-9-20-18(24)15-22-10-12-23(13-11-22)19(25)16-21(2)14-17-7-5-4-6-8-17/h4-8H,3,9-16H2,1-2H3,(H,20,24). The van der Waals surface area contributed by atoms with Crippen LogP contribution in [-0.2, 0) is 16.1 Å². The fourth-order valence-corrected chi connectivity index (χ4v) is 2.96. The van der Waals surface area contributed by atoms with E-state index >= 15 is 0 Å². The Hall–Kier alpha value is -1.92. The molecule has 25 heavy (non-hydrogen) atoms. The summed E-state index contributed by atoms with van der Waals surface area (Å²) in [7, 11) is 1.97. The van der Waals surface area contributed by atoms with Crippen molar-refractivity contribution in [2.24, 2.45) is 0 Å². The van der Waals surface area contributed by atoms with Crippen LogP contribution in [0.1, 0.15) is 18.9 Å². The van der Waals surface area contributed by atoms with Gasteiger partial charge in [-0.05, 0) is 19.0 Å². The molecule has 0 bridgehead atoms. The number of nitrogens with zero attached hydrogens (tertiary/aromatic N) is 3. The SMILES string of the molecule is CCCNC(=O)CN1CCN(C(=O)CN(C)Cc2ccccc2)CC1. The van der Waals surface area contributed by atoms with Crippen LogP contribution >= 0.6 is 0 Å². The first kappa shape index (κ1) is 19.4. The molecule has 6 nitrogen and oxygen atoms in total. The van der Waals surface area contributed by atoms with Gasteiger partial charge in [0, 0.05) is 39.3 Å². The summed E-state index contributed by atoms with van der Waals surface area (Å²) in [5.74, 6) is 0.234. The van der Waals surface area contributed by atoms with Gasteiger partial charge in [0.15, 0.2) is 0 Å². The second kappa shape index (κ2) is 10.2. The summed E-state index contributed by atoms with van der Waals surface area (Å²) >= 11 is 0. The van der Waals surface area contributed by atoms with Crippen molar-refractivity contribution in [2.75, 3.05) is 52.9 Å². The quantitative estimate of drug-likeness (QED) is 0.756. The minimum atomic E-state index is 0.0734. The number of carbonyl (C=O) groups excluding carboxylic acids is 2. The molecule has 0 atom stereocenters. The topological polar surface area (TPSA) is 55.9 Å². The van der Waals surface area contributed by atoms with Crippen LogP contribution in [0.15, 0.2) is 30.3 Å².